The highest BCUT2D eigenvalue weighted by molar-refractivity contribution is 6.01. The van der Waals surface area contributed by atoms with Gasteiger partial charge in [-0.25, -0.2) is 0 Å². The number of rotatable bonds is 0. The molecule has 0 saturated carbocycles. The van der Waals surface area contributed by atoms with Crippen LogP contribution in [0.25, 0.3) is 16.7 Å². The summed E-state index contributed by atoms with van der Waals surface area (Å²) in [6.45, 7) is 0. The van der Waals surface area contributed by atoms with E-state index in [1.165, 1.54) is 22.3 Å². The Labute approximate surface area is 95.3 Å². The standard InChI is InChI=1S/C16H10/c1-2-7-12-13-8-3-5-10-15(13)16-11-6-4-9-14(12)16/h1,3-11H. The number of hydrogen-bond acceptors (Lipinski definition) is 0. The maximum atomic E-state index is 5.40. The van der Waals surface area contributed by atoms with Crippen LogP contribution in [0, 0.1) is 12.3 Å². The van der Waals surface area contributed by atoms with Crippen LogP contribution in [0.5, 0.6) is 0 Å². The Morgan fingerprint density at radius 1 is 0.750 bits per heavy atom. The van der Waals surface area contributed by atoms with Gasteiger partial charge in [-0.3, -0.25) is 0 Å². The van der Waals surface area contributed by atoms with Crippen LogP contribution in [0.1, 0.15) is 11.1 Å². The SMILES string of the molecule is C#CC=C1c2ccccc2-c2ccccc21. The van der Waals surface area contributed by atoms with Crippen LogP contribution in [0.4, 0.5) is 0 Å². The van der Waals surface area contributed by atoms with Crippen LogP contribution in [0.2, 0.25) is 0 Å². The molecule has 0 radical (unpaired) electrons. The van der Waals surface area contributed by atoms with E-state index in [-0.39, 0.29) is 0 Å². The molecule has 0 amide bonds. The van der Waals surface area contributed by atoms with E-state index in [2.05, 4.69) is 54.5 Å². The Kier molecular flexibility index (Phi) is 1.91. The molecule has 0 heterocycles. The van der Waals surface area contributed by atoms with Crippen molar-refractivity contribution in [2.75, 3.05) is 0 Å². The van der Waals surface area contributed by atoms with Crippen molar-refractivity contribution in [2.45, 2.75) is 0 Å². The number of terminal acetylenes is 1. The second-order valence-electron chi connectivity index (χ2n) is 3.82. The van der Waals surface area contributed by atoms with Gasteiger partial charge in [0.2, 0.25) is 0 Å². The summed E-state index contributed by atoms with van der Waals surface area (Å²) in [5, 5.41) is 0. The lowest BCUT2D eigenvalue weighted by Crippen LogP contribution is -1.79. The average molecular weight is 202 g/mol. The fourth-order valence-corrected chi connectivity index (χ4v) is 2.29. The smallest absolute Gasteiger partial charge is 0.00155 e. The first-order valence-electron chi connectivity index (χ1n) is 5.27. The molecule has 0 aromatic heterocycles. The van der Waals surface area contributed by atoms with Crippen molar-refractivity contribution in [3.63, 3.8) is 0 Å². The third-order valence-electron chi connectivity index (χ3n) is 2.95. The van der Waals surface area contributed by atoms with Gasteiger partial charge in [0.1, 0.15) is 0 Å². The van der Waals surface area contributed by atoms with Crippen molar-refractivity contribution in [1.29, 1.82) is 0 Å². The van der Waals surface area contributed by atoms with E-state index in [1.54, 1.807) is 0 Å². The Bertz CT molecular complexity index is 577. The summed E-state index contributed by atoms with van der Waals surface area (Å²) in [5.41, 5.74) is 6.19. The van der Waals surface area contributed by atoms with Gasteiger partial charge in [0.25, 0.3) is 0 Å². The molecule has 0 spiro atoms. The molecular formula is C16H10. The van der Waals surface area contributed by atoms with E-state index in [4.69, 9.17) is 6.42 Å². The molecule has 0 N–H and O–H groups in total. The van der Waals surface area contributed by atoms with E-state index in [1.807, 2.05) is 6.08 Å². The molecule has 74 valence electrons. The first kappa shape index (κ1) is 9.00. The van der Waals surface area contributed by atoms with Crippen molar-refractivity contribution < 1.29 is 0 Å². The lowest BCUT2D eigenvalue weighted by atomic mass is 10.0. The molecule has 16 heavy (non-hydrogen) atoms. The minimum absolute atomic E-state index is 1.16. The molecule has 0 saturated heterocycles. The zero-order valence-corrected chi connectivity index (χ0v) is 8.77. The van der Waals surface area contributed by atoms with Gasteiger partial charge in [-0.1, -0.05) is 54.5 Å². The quantitative estimate of drug-likeness (QED) is 0.487. The minimum Gasteiger partial charge on any atom is -0.115 e. The Hall–Kier alpha value is -2.26. The van der Waals surface area contributed by atoms with Crippen LogP contribution >= 0.6 is 0 Å². The molecule has 0 bridgehead atoms. The van der Waals surface area contributed by atoms with Gasteiger partial charge < -0.3 is 0 Å². The maximum absolute atomic E-state index is 5.40. The Morgan fingerprint density at radius 3 is 1.62 bits per heavy atom. The molecule has 2 aromatic carbocycles. The number of benzene rings is 2. The first-order valence-corrected chi connectivity index (χ1v) is 5.27. The molecular weight excluding hydrogens is 192 g/mol. The van der Waals surface area contributed by atoms with E-state index in [9.17, 15) is 0 Å². The largest absolute Gasteiger partial charge is 0.115 e. The molecule has 0 fully saturated rings. The second-order valence-corrected chi connectivity index (χ2v) is 3.82. The van der Waals surface area contributed by atoms with Gasteiger partial charge in [0.15, 0.2) is 0 Å². The van der Waals surface area contributed by atoms with Crippen molar-refractivity contribution in [1.82, 2.24) is 0 Å². The Morgan fingerprint density at radius 2 is 1.19 bits per heavy atom. The van der Waals surface area contributed by atoms with E-state index in [0.29, 0.717) is 0 Å². The van der Waals surface area contributed by atoms with Gasteiger partial charge in [-0.15, -0.1) is 6.42 Å². The van der Waals surface area contributed by atoms with Crippen LogP contribution < -0.4 is 0 Å². The van der Waals surface area contributed by atoms with Crippen molar-refractivity contribution in [3.05, 3.63) is 65.7 Å². The van der Waals surface area contributed by atoms with Gasteiger partial charge in [0.05, 0.1) is 0 Å². The highest BCUT2D eigenvalue weighted by Gasteiger charge is 2.21. The predicted octanol–water partition coefficient (Wildman–Crippen LogP) is 3.73. The van der Waals surface area contributed by atoms with E-state index < -0.39 is 0 Å². The number of hydrogen-bond donors (Lipinski definition) is 0. The lowest BCUT2D eigenvalue weighted by Gasteiger charge is -1.98. The summed E-state index contributed by atoms with van der Waals surface area (Å²) in [6, 6.07) is 16.8. The molecule has 1 aliphatic rings. The van der Waals surface area contributed by atoms with Crippen LogP contribution in [-0.2, 0) is 0 Å². The van der Waals surface area contributed by atoms with Crippen LogP contribution in [0.3, 0.4) is 0 Å². The lowest BCUT2D eigenvalue weighted by molar-refractivity contribution is 1.65. The van der Waals surface area contributed by atoms with Crippen LogP contribution in [-0.4, -0.2) is 0 Å². The molecule has 1 aliphatic carbocycles. The van der Waals surface area contributed by atoms with Crippen molar-refractivity contribution in [3.8, 4) is 23.5 Å². The topological polar surface area (TPSA) is 0 Å². The number of allylic oxidation sites excluding steroid dienone is 1. The maximum Gasteiger partial charge on any atom is -0.00155 e. The van der Waals surface area contributed by atoms with Gasteiger partial charge >= 0.3 is 0 Å². The van der Waals surface area contributed by atoms with Crippen molar-refractivity contribution in [2.24, 2.45) is 0 Å². The normalized spacial score (nSPS) is 11.6. The van der Waals surface area contributed by atoms with Gasteiger partial charge in [0, 0.05) is 0 Å². The van der Waals surface area contributed by atoms with Crippen molar-refractivity contribution >= 4 is 5.57 Å². The minimum atomic E-state index is 1.16. The average Bonchev–Trinajstić information content (AvgIpc) is 2.66. The zero-order chi connectivity index (χ0) is 11.0. The summed E-state index contributed by atoms with van der Waals surface area (Å²) in [5.74, 6) is 2.63. The molecule has 0 nitrogen and oxygen atoms in total. The zero-order valence-electron chi connectivity index (χ0n) is 8.77. The third kappa shape index (κ3) is 1.12. The molecule has 0 unspecified atom stereocenters. The molecule has 0 atom stereocenters. The van der Waals surface area contributed by atoms with Crippen LogP contribution in [0.15, 0.2) is 54.6 Å². The second kappa shape index (κ2) is 3.40. The van der Waals surface area contributed by atoms with E-state index >= 15 is 0 Å². The summed E-state index contributed by atoms with van der Waals surface area (Å²) >= 11 is 0. The summed E-state index contributed by atoms with van der Waals surface area (Å²) < 4.78 is 0. The fraction of sp³-hybridized carbons (Fsp3) is 0. The monoisotopic (exact) mass is 202 g/mol. The molecule has 3 rings (SSSR count). The Balaban J connectivity index is 2.40. The third-order valence-corrected chi connectivity index (χ3v) is 2.95. The predicted molar refractivity (Wildman–Crippen MR) is 67.8 cm³/mol. The molecule has 0 heteroatoms. The molecule has 0 aliphatic heterocycles. The summed E-state index contributed by atoms with van der Waals surface area (Å²) in [6.07, 6.45) is 7.25. The van der Waals surface area contributed by atoms with Gasteiger partial charge in [-0.2, -0.15) is 0 Å². The van der Waals surface area contributed by atoms with E-state index in [0.717, 1.165) is 5.57 Å². The fourth-order valence-electron chi connectivity index (χ4n) is 2.29. The summed E-state index contributed by atoms with van der Waals surface area (Å²) in [4.78, 5) is 0. The number of fused-ring (bicyclic) bond motifs is 3. The summed E-state index contributed by atoms with van der Waals surface area (Å²) in [7, 11) is 0. The highest BCUT2D eigenvalue weighted by atomic mass is 14.2. The molecule has 2 aromatic rings. The van der Waals surface area contributed by atoms with Gasteiger partial charge in [-0.05, 0) is 33.9 Å². The highest BCUT2D eigenvalue weighted by Crippen LogP contribution is 2.43. The first-order chi connectivity index (χ1) is 7.92.